The molecule has 0 heterocycles. The molecule has 0 saturated heterocycles. The molecule has 0 amide bonds. The number of para-hydroxylation sites is 2. The Morgan fingerprint density at radius 3 is 0.630 bits per heavy atom. The molecule has 2 rings (SSSR count). The fourth-order valence-corrected chi connectivity index (χ4v) is 10.0. The maximum Gasteiger partial charge on any atom is 2.00 e. The van der Waals surface area contributed by atoms with Gasteiger partial charge in [-0.1, -0.05) is 333 Å². The van der Waals surface area contributed by atoms with Crippen LogP contribution < -0.4 is 19.7 Å². The van der Waals surface area contributed by atoms with E-state index in [1.165, 1.54) is 295 Å². The van der Waals surface area contributed by atoms with Crippen molar-refractivity contribution >= 4 is 60.8 Å². The van der Waals surface area contributed by atoms with E-state index in [0.29, 0.717) is 24.7 Å². The Morgan fingerprint density at radius 1 is 0.288 bits per heavy atom. The number of carboxylic acids is 2. The van der Waals surface area contributed by atoms with E-state index >= 15 is 0 Å². The minimum Gasteiger partial charge on any atom is -0.545 e. The predicted octanol–water partition coefficient (Wildman–Crippen LogP) is 19.2. The Kier molecular flexibility index (Phi) is 57.1. The van der Waals surface area contributed by atoms with Gasteiger partial charge >= 0.3 is 48.9 Å². The number of ether oxygens (including phenoxy) is 2. The molecule has 0 fully saturated rings. The fraction of sp³-hybridized carbons (Fsp3) is 0.788. The van der Waals surface area contributed by atoms with Crippen LogP contribution in [-0.2, 0) is 0 Å². The summed E-state index contributed by atoms with van der Waals surface area (Å²) in [4.78, 5) is 22.1. The maximum atomic E-state index is 11.1. The molecule has 0 aromatic heterocycles. The first kappa shape index (κ1) is 71.6. The van der Waals surface area contributed by atoms with Gasteiger partial charge < -0.3 is 29.3 Å². The molecule has 0 aliphatic carbocycles. The minimum absolute atomic E-state index is 0. The van der Waals surface area contributed by atoms with Crippen LogP contribution in [0.3, 0.4) is 0 Å². The number of benzene rings is 2. The average Bonchev–Trinajstić information content (AvgIpc) is 3.39. The zero-order valence-electron chi connectivity index (χ0n) is 48.1. The summed E-state index contributed by atoms with van der Waals surface area (Å²) in [6, 6.07) is 13.4. The summed E-state index contributed by atoms with van der Waals surface area (Å²) >= 11 is 0. The second-order valence-corrected chi connectivity index (χ2v) is 21.5. The van der Waals surface area contributed by atoms with Gasteiger partial charge in [-0.25, -0.2) is 0 Å². The van der Waals surface area contributed by atoms with Crippen molar-refractivity contribution in [1.82, 2.24) is 0 Å². The number of hydrogen-bond acceptors (Lipinski definition) is 6. The van der Waals surface area contributed by atoms with Crippen molar-refractivity contribution < 1.29 is 29.3 Å². The minimum atomic E-state index is -1.18. The molecule has 0 radical (unpaired) electrons. The third kappa shape index (κ3) is 48.7. The van der Waals surface area contributed by atoms with Crippen LogP contribution in [0, 0.1) is 0 Å². The van der Waals surface area contributed by atoms with Crippen LogP contribution in [0.25, 0.3) is 0 Å². The van der Waals surface area contributed by atoms with Crippen molar-refractivity contribution in [2.75, 3.05) is 13.2 Å². The molecular weight excluding hydrogens is 1030 g/mol. The molecule has 0 saturated carbocycles. The maximum absolute atomic E-state index is 11.1. The summed E-state index contributed by atoms with van der Waals surface area (Å²) in [6.07, 6.45) is 66.5. The molecule has 73 heavy (non-hydrogen) atoms. The van der Waals surface area contributed by atoms with Crippen molar-refractivity contribution in [3.8, 4) is 11.5 Å². The van der Waals surface area contributed by atoms with Gasteiger partial charge in [0.2, 0.25) is 0 Å². The number of unbranched alkanes of at least 4 members (excludes halogenated alkanes) is 46. The molecule has 0 atom stereocenters. The number of hydrogen-bond donors (Lipinski definition) is 0. The average molecular weight is 1140 g/mol. The Bertz CT molecular complexity index is 1340. The molecule has 0 spiro atoms. The first-order valence-electron chi connectivity index (χ1n) is 31.4. The smallest absolute Gasteiger partial charge is 0.545 e. The molecule has 0 unspecified atom stereocenters. The van der Waals surface area contributed by atoms with Gasteiger partial charge in [-0.3, -0.25) is 0 Å². The Hall–Kier alpha value is -1.45. The number of carbonyl (C=O) groups excluding carboxylic acids is 2. The van der Waals surface area contributed by atoms with Gasteiger partial charge in [0, 0.05) is 11.1 Å². The molecule has 0 aliphatic heterocycles. The van der Waals surface area contributed by atoms with E-state index in [1.807, 2.05) is 0 Å². The van der Waals surface area contributed by atoms with Crippen molar-refractivity contribution in [2.45, 2.75) is 322 Å². The van der Waals surface area contributed by atoms with E-state index in [9.17, 15) is 19.8 Å². The Labute approximate surface area is 492 Å². The number of carbonyl (C=O) groups is 2. The number of carboxylic acid groups (broad SMARTS) is 2. The van der Waals surface area contributed by atoms with E-state index in [2.05, 4.69) is 13.8 Å². The topological polar surface area (TPSA) is 98.7 Å². The summed E-state index contributed by atoms with van der Waals surface area (Å²) in [6.45, 7) is 5.73. The van der Waals surface area contributed by atoms with Crippen LogP contribution in [0.5, 0.6) is 11.5 Å². The second kappa shape index (κ2) is 58.2. The summed E-state index contributed by atoms with van der Waals surface area (Å²) < 4.78 is 11.3. The van der Waals surface area contributed by atoms with Crippen molar-refractivity contribution in [3.63, 3.8) is 0 Å². The van der Waals surface area contributed by atoms with Gasteiger partial charge in [0.1, 0.15) is 11.5 Å². The third-order valence-electron chi connectivity index (χ3n) is 14.7. The zero-order valence-corrected chi connectivity index (χ0v) is 52.6. The number of rotatable bonds is 54. The molecule has 2 aromatic carbocycles. The van der Waals surface area contributed by atoms with E-state index in [1.54, 1.807) is 36.4 Å². The SMILES string of the molecule is CCCCCCCCCCCCCCCCCCCCCCCCCCOc1ccccc1C(=O)[O-].CCCCCCCCCCCCCCCCCCCCCCCCCCOc1ccccc1C(=O)[O-].[Ba+2]. The van der Waals surface area contributed by atoms with Crippen molar-refractivity contribution in [1.29, 1.82) is 0 Å². The van der Waals surface area contributed by atoms with Crippen LogP contribution >= 0.6 is 0 Å². The van der Waals surface area contributed by atoms with E-state index < -0.39 is 11.9 Å². The Balaban J connectivity index is 0.00000140. The van der Waals surface area contributed by atoms with Gasteiger partial charge in [-0.15, -0.1) is 0 Å². The summed E-state index contributed by atoms with van der Waals surface area (Å²) in [7, 11) is 0. The molecule has 2 aromatic rings. The van der Waals surface area contributed by atoms with Crippen LogP contribution in [-0.4, -0.2) is 74.0 Å². The van der Waals surface area contributed by atoms with Crippen LogP contribution in [0.4, 0.5) is 0 Å². The van der Waals surface area contributed by atoms with Gasteiger partial charge in [0.15, 0.2) is 0 Å². The van der Waals surface area contributed by atoms with Crippen molar-refractivity contribution in [3.05, 3.63) is 59.7 Å². The van der Waals surface area contributed by atoms with Crippen molar-refractivity contribution in [2.24, 2.45) is 0 Å². The summed E-state index contributed by atoms with van der Waals surface area (Å²) in [5.74, 6) is -1.51. The standard InChI is InChI=1S/2C33H58O3.Ba/c2*1-2-3-4-5-6-7-8-9-10-11-12-13-14-15-16-17-18-19-20-21-22-23-24-27-30-36-32-29-26-25-28-31(32)33(34)35;/h2*25-26,28-29H,2-24,27,30H2,1H3,(H,34,35);/q;;+2/p-2. The van der Waals surface area contributed by atoms with Crippen LogP contribution in [0.2, 0.25) is 0 Å². The second-order valence-electron chi connectivity index (χ2n) is 21.5. The predicted molar refractivity (Wildman–Crippen MR) is 311 cm³/mol. The first-order chi connectivity index (χ1) is 35.5. The molecule has 7 heteroatoms. The van der Waals surface area contributed by atoms with E-state index in [-0.39, 0.29) is 60.0 Å². The van der Waals surface area contributed by atoms with Gasteiger partial charge in [-0.05, 0) is 37.1 Å². The van der Waals surface area contributed by atoms with Gasteiger partial charge in [0.05, 0.1) is 25.2 Å². The summed E-state index contributed by atoms with van der Waals surface area (Å²) in [5.41, 5.74) is 0.281. The fourth-order valence-electron chi connectivity index (χ4n) is 10.0. The van der Waals surface area contributed by atoms with E-state index in [0.717, 1.165) is 25.7 Å². The van der Waals surface area contributed by atoms with Gasteiger partial charge in [-0.2, -0.15) is 0 Å². The monoisotopic (exact) mass is 1140 g/mol. The van der Waals surface area contributed by atoms with E-state index in [4.69, 9.17) is 9.47 Å². The zero-order chi connectivity index (χ0) is 51.9. The number of aromatic carboxylic acids is 2. The molecule has 416 valence electrons. The third-order valence-corrected chi connectivity index (χ3v) is 14.7. The van der Waals surface area contributed by atoms with Crippen LogP contribution in [0.1, 0.15) is 343 Å². The normalized spacial score (nSPS) is 11.0. The Morgan fingerprint density at radius 2 is 0.452 bits per heavy atom. The largest absolute Gasteiger partial charge is 2.00 e. The molecule has 0 N–H and O–H groups in total. The quantitative estimate of drug-likeness (QED) is 0.0483. The first-order valence-corrected chi connectivity index (χ1v) is 31.4. The molecule has 0 bridgehead atoms. The summed E-state index contributed by atoms with van der Waals surface area (Å²) in [5, 5.41) is 22.1. The molecule has 0 aliphatic rings. The van der Waals surface area contributed by atoms with Gasteiger partial charge in [0.25, 0.3) is 0 Å². The molecular formula is C66H114BaO6. The van der Waals surface area contributed by atoms with Crippen LogP contribution in [0.15, 0.2) is 48.5 Å². The molecule has 6 nitrogen and oxygen atoms in total.